The van der Waals surface area contributed by atoms with Crippen molar-refractivity contribution >= 4 is 11.7 Å². The molecule has 1 aliphatic rings. The van der Waals surface area contributed by atoms with Gasteiger partial charge in [-0.2, -0.15) is 0 Å². The van der Waals surface area contributed by atoms with Gasteiger partial charge in [0.25, 0.3) is 0 Å². The van der Waals surface area contributed by atoms with Gasteiger partial charge in [-0.05, 0) is 68.5 Å². The van der Waals surface area contributed by atoms with Crippen molar-refractivity contribution in [2.45, 2.75) is 58.5 Å². The van der Waals surface area contributed by atoms with Crippen molar-refractivity contribution in [1.82, 2.24) is 4.90 Å². The predicted molar refractivity (Wildman–Crippen MR) is 121 cm³/mol. The first-order valence-electron chi connectivity index (χ1n) is 11.0. The summed E-state index contributed by atoms with van der Waals surface area (Å²) in [4.78, 5) is 14.4. The molecule has 0 aromatic heterocycles. The number of hydrogen-bond donors (Lipinski definition) is 2. The molecule has 2 N–H and O–H groups in total. The van der Waals surface area contributed by atoms with Crippen LogP contribution in [0.5, 0.6) is 11.5 Å². The van der Waals surface area contributed by atoms with E-state index in [-0.39, 0.29) is 6.03 Å². The summed E-state index contributed by atoms with van der Waals surface area (Å²) in [7, 11) is 0. The lowest BCUT2D eigenvalue weighted by molar-refractivity contribution is -0.0309. The number of hydrogen-bond acceptors (Lipinski definition) is 3. The van der Waals surface area contributed by atoms with E-state index in [0.29, 0.717) is 31.8 Å². The first kappa shape index (κ1) is 22.2. The van der Waals surface area contributed by atoms with E-state index in [4.69, 9.17) is 4.74 Å². The maximum Gasteiger partial charge on any atom is 0.321 e. The van der Waals surface area contributed by atoms with Gasteiger partial charge in [0.2, 0.25) is 0 Å². The molecule has 1 aliphatic heterocycles. The Labute approximate surface area is 180 Å². The minimum Gasteiger partial charge on any atom is -0.457 e. The maximum absolute atomic E-state index is 12.6. The van der Waals surface area contributed by atoms with E-state index in [2.05, 4.69) is 19.2 Å². The van der Waals surface area contributed by atoms with Gasteiger partial charge in [0.1, 0.15) is 11.5 Å². The molecular weight excluding hydrogens is 376 g/mol. The van der Waals surface area contributed by atoms with Crippen molar-refractivity contribution < 1.29 is 14.6 Å². The molecule has 162 valence electrons. The van der Waals surface area contributed by atoms with Crippen LogP contribution in [0.4, 0.5) is 10.5 Å². The number of nitrogens with zero attached hydrogens (tertiary/aromatic N) is 1. The van der Waals surface area contributed by atoms with Gasteiger partial charge in [0.15, 0.2) is 0 Å². The van der Waals surface area contributed by atoms with Gasteiger partial charge in [-0.15, -0.1) is 0 Å². The fraction of sp³-hybridized carbons (Fsp3) is 0.480. The Morgan fingerprint density at radius 2 is 1.57 bits per heavy atom. The number of ether oxygens (including phenoxy) is 1. The third kappa shape index (κ3) is 5.99. The van der Waals surface area contributed by atoms with Gasteiger partial charge in [0, 0.05) is 18.8 Å². The molecular formula is C25H34N2O3. The van der Waals surface area contributed by atoms with Crippen LogP contribution in [0.3, 0.4) is 0 Å². The lowest BCUT2D eigenvalue weighted by atomic mass is 9.81. The fourth-order valence-electron chi connectivity index (χ4n) is 4.00. The molecule has 1 heterocycles. The summed E-state index contributed by atoms with van der Waals surface area (Å²) in [6.07, 6.45) is 4.29. The second kappa shape index (κ2) is 9.98. The molecule has 5 heteroatoms. The number of carbonyl (C=O) groups excluding carboxylic acids is 1. The third-order valence-corrected chi connectivity index (χ3v) is 6.17. The zero-order chi connectivity index (χ0) is 21.6. The molecule has 0 atom stereocenters. The number of anilines is 1. The van der Waals surface area contributed by atoms with E-state index >= 15 is 0 Å². The highest BCUT2D eigenvalue weighted by Gasteiger charge is 2.35. The Balaban J connectivity index is 1.49. The molecule has 2 aromatic carbocycles. The number of benzene rings is 2. The maximum atomic E-state index is 12.6. The van der Waals surface area contributed by atoms with Crippen LogP contribution in [0.2, 0.25) is 0 Å². The van der Waals surface area contributed by atoms with Crippen molar-refractivity contribution in [2.75, 3.05) is 18.4 Å². The summed E-state index contributed by atoms with van der Waals surface area (Å²) in [5.41, 5.74) is 1.28. The molecule has 30 heavy (non-hydrogen) atoms. The SMILES string of the molecule is CCC(CC)CC1(O)CCN(C(=O)Nc2ccc(Oc3ccc(C)cc3)cc2)CC1. The summed E-state index contributed by atoms with van der Waals surface area (Å²) in [5, 5.41) is 13.8. The van der Waals surface area contributed by atoms with Crippen LogP contribution in [-0.2, 0) is 0 Å². The monoisotopic (exact) mass is 410 g/mol. The number of carbonyl (C=O) groups is 1. The van der Waals surface area contributed by atoms with Gasteiger partial charge >= 0.3 is 6.03 Å². The van der Waals surface area contributed by atoms with Crippen LogP contribution < -0.4 is 10.1 Å². The molecule has 5 nitrogen and oxygen atoms in total. The molecule has 0 radical (unpaired) electrons. The Kier molecular flexibility index (Phi) is 7.38. The molecule has 0 unspecified atom stereocenters. The highest BCUT2D eigenvalue weighted by molar-refractivity contribution is 5.89. The van der Waals surface area contributed by atoms with E-state index in [1.54, 1.807) is 4.90 Å². The smallest absolute Gasteiger partial charge is 0.321 e. The van der Waals surface area contributed by atoms with Crippen LogP contribution >= 0.6 is 0 Å². The molecule has 0 saturated carbocycles. The van der Waals surface area contributed by atoms with E-state index < -0.39 is 5.60 Å². The van der Waals surface area contributed by atoms with Crippen molar-refractivity contribution in [3.8, 4) is 11.5 Å². The third-order valence-electron chi connectivity index (χ3n) is 6.17. The topological polar surface area (TPSA) is 61.8 Å². The molecule has 1 fully saturated rings. The number of aryl methyl sites for hydroxylation is 1. The van der Waals surface area contributed by atoms with Crippen LogP contribution in [0.15, 0.2) is 48.5 Å². The molecule has 0 spiro atoms. The van der Waals surface area contributed by atoms with Crippen molar-refractivity contribution in [1.29, 1.82) is 0 Å². The lowest BCUT2D eigenvalue weighted by Gasteiger charge is -2.39. The largest absolute Gasteiger partial charge is 0.457 e. The fourth-order valence-corrected chi connectivity index (χ4v) is 4.00. The van der Waals surface area contributed by atoms with Gasteiger partial charge in [-0.1, -0.05) is 44.4 Å². The first-order chi connectivity index (χ1) is 14.4. The summed E-state index contributed by atoms with van der Waals surface area (Å²) < 4.78 is 5.83. The van der Waals surface area contributed by atoms with E-state index in [1.807, 2.05) is 55.5 Å². The number of rotatable bonds is 7. The highest BCUT2D eigenvalue weighted by Crippen LogP contribution is 2.32. The Morgan fingerprint density at radius 3 is 2.10 bits per heavy atom. The summed E-state index contributed by atoms with van der Waals surface area (Å²) >= 11 is 0. The number of aliphatic hydroxyl groups is 1. The average molecular weight is 411 g/mol. The number of amides is 2. The number of nitrogens with one attached hydrogen (secondary N) is 1. The molecule has 2 aromatic rings. The Bertz CT molecular complexity index is 805. The summed E-state index contributed by atoms with van der Waals surface area (Å²) in [5.74, 6) is 2.06. The normalized spacial score (nSPS) is 15.8. The quantitative estimate of drug-likeness (QED) is 0.591. The number of urea groups is 1. The molecule has 0 aliphatic carbocycles. The second-order valence-electron chi connectivity index (χ2n) is 8.47. The van der Waals surface area contributed by atoms with Gasteiger partial charge in [-0.25, -0.2) is 4.79 Å². The number of likely N-dealkylation sites (tertiary alicyclic amines) is 1. The minimum atomic E-state index is -0.636. The molecule has 2 amide bonds. The molecule has 1 saturated heterocycles. The van der Waals surface area contributed by atoms with E-state index in [1.165, 1.54) is 5.56 Å². The van der Waals surface area contributed by atoms with Crippen LogP contribution in [0.25, 0.3) is 0 Å². The number of piperidine rings is 1. The summed E-state index contributed by atoms with van der Waals surface area (Å²) in [6.45, 7) is 7.56. The predicted octanol–water partition coefficient (Wildman–Crippen LogP) is 5.97. The average Bonchev–Trinajstić information content (AvgIpc) is 2.75. The van der Waals surface area contributed by atoms with Crippen LogP contribution in [0, 0.1) is 12.8 Å². The molecule has 0 bridgehead atoms. The summed E-state index contributed by atoms with van der Waals surface area (Å²) in [6, 6.07) is 15.1. The van der Waals surface area contributed by atoms with E-state index in [0.717, 1.165) is 36.4 Å². The van der Waals surface area contributed by atoms with Gasteiger partial charge in [-0.3, -0.25) is 0 Å². The molecule has 3 rings (SSSR count). The standard InChI is InChI=1S/C25H34N2O3/c1-4-20(5-2)18-25(29)14-16-27(17-15-25)24(28)26-21-8-12-23(13-9-21)30-22-10-6-19(3)7-11-22/h6-13,20,29H,4-5,14-18H2,1-3H3,(H,26,28). The van der Waals surface area contributed by atoms with Crippen molar-refractivity contribution in [3.05, 3.63) is 54.1 Å². The Morgan fingerprint density at radius 1 is 1.03 bits per heavy atom. The minimum absolute atomic E-state index is 0.119. The first-order valence-corrected chi connectivity index (χ1v) is 11.0. The van der Waals surface area contributed by atoms with Crippen LogP contribution in [-0.4, -0.2) is 34.7 Å². The Hall–Kier alpha value is -2.53. The highest BCUT2D eigenvalue weighted by atomic mass is 16.5. The lowest BCUT2D eigenvalue weighted by Crippen LogP contribution is -2.48. The van der Waals surface area contributed by atoms with E-state index in [9.17, 15) is 9.90 Å². The zero-order valence-corrected chi connectivity index (χ0v) is 18.4. The van der Waals surface area contributed by atoms with Gasteiger partial charge < -0.3 is 20.1 Å². The van der Waals surface area contributed by atoms with Crippen LogP contribution in [0.1, 0.15) is 51.5 Å². The second-order valence-corrected chi connectivity index (χ2v) is 8.47. The van der Waals surface area contributed by atoms with Crippen molar-refractivity contribution in [2.24, 2.45) is 5.92 Å². The van der Waals surface area contributed by atoms with Crippen molar-refractivity contribution in [3.63, 3.8) is 0 Å². The zero-order valence-electron chi connectivity index (χ0n) is 18.4. The van der Waals surface area contributed by atoms with Gasteiger partial charge in [0.05, 0.1) is 5.60 Å².